The van der Waals surface area contributed by atoms with Gasteiger partial charge in [0.1, 0.15) is 0 Å². The van der Waals surface area contributed by atoms with Crippen LogP contribution in [0.15, 0.2) is 69.9 Å². The van der Waals surface area contributed by atoms with Gasteiger partial charge in [-0.05, 0) is 148 Å². The van der Waals surface area contributed by atoms with Gasteiger partial charge in [0, 0.05) is 8.50 Å². The Bertz CT molecular complexity index is 1390. The predicted molar refractivity (Wildman–Crippen MR) is 225 cm³/mol. The summed E-state index contributed by atoms with van der Waals surface area (Å²) in [6, 6.07) is 0. The third-order valence-electron chi connectivity index (χ3n) is 11.3. The molecule has 0 heterocycles. The molecule has 1 saturated carbocycles. The Morgan fingerprint density at radius 1 is 0.846 bits per heavy atom. The van der Waals surface area contributed by atoms with Crippen molar-refractivity contribution in [1.82, 2.24) is 0 Å². The Kier molecular flexibility index (Phi) is 23.1. The molecule has 0 bridgehead atoms. The smallest absolute Gasteiger partial charge is 0.354 e. The van der Waals surface area contributed by atoms with Gasteiger partial charge in [0.15, 0.2) is 0 Å². The number of fused-ring (bicyclic) bond motifs is 1. The van der Waals surface area contributed by atoms with Crippen LogP contribution in [0.3, 0.4) is 0 Å². The first-order valence-electron chi connectivity index (χ1n) is 18.9. The zero-order chi connectivity index (χ0) is 39.6. The maximum atomic E-state index is 11.3. The van der Waals surface area contributed by atoms with Crippen molar-refractivity contribution in [3.63, 3.8) is 0 Å². The second-order valence-corrected chi connectivity index (χ2v) is 19.8. The summed E-state index contributed by atoms with van der Waals surface area (Å²) < 4.78 is 35.6. The molecule has 12 heteroatoms. The van der Waals surface area contributed by atoms with E-state index in [9.17, 15) is 14.0 Å². The van der Waals surface area contributed by atoms with E-state index in [4.69, 9.17) is 14.3 Å². The van der Waals surface area contributed by atoms with Crippen LogP contribution in [-0.4, -0.2) is 27.9 Å². The third kappa shape index (κ3) is 19.4. The molecule has 0 aliphatic heterocycles. The topological polar surface area (TPSA) is 123 Å². The third-order valence-corrected chi connectivity index (χ3v) is 14.3. The first-order chi connectivity index (χ1) is 24.1. The standard InChI is InChI=1S/C20H36O7P2.C20H36OP2/c1-17(2)9-6-10-18(3)11-7-12-19(4)13-8-14-20(5)15-16-26-29(24,25)27-28(21,22)23;1-15(11-14-21-23-22)9-12-19(4)17(3)10-13-20(5)16(2)7-6-8-18(19)20/h9,11,13,15H,6-8,10,12,14,16H2,1-5H3,(H,24,25)(H2,21,22,23);7,11,17-18,23H,6,8-10,12-14,22H2,1-5H3/b18-11+,19-13+,20-15+;15-11+/t;17-,18?,19+,20+/m.1/s1. The fourth-order valence-electron chi connectivity index (χ4n) is 7.55. The lowest BCUT2D eigenvalue weighted by Crippen LogP contribution is -2.49. The molecule has 0 aromatic rings. The summed E-state index contributed by atoms with van der Waals surface area (Å²) in [6.07, 6.45) is 26.9. The number of hydrogen-bond acceptors (Lipinski definition) is 5. The van der Waals surface area contributed by atoms with Gasteiger partial charge in [-0.3, -0.25) is 4.52 Å². The molecule has 0 aromatic heterocycles. The van der Waals surface area contributed by atoms with E-state index in [-0.39, 0.29) is 6.61 Å². The highest BCUT2D eigenvalue weighted by atomic mass is 32.0. The van der Waals surface area contributed by atoms with Crippen molar-refractivity contribution in [3.05, 3.63) is 69.9 Å². The summed E-state index contributed by atoms with van der Waals surface area (Å²) in [6.45, 7) is 23.2. The van der Waals surface area contributed by atoms with Crippen LogP contribution in [0.25, 0.3) is 0 Å². The van der Waals surface area contributed by atoms with E-state index in [2.05, 4.69) is 110 Å². The van der Waals surface area contributed by atoms with Crippen LogP contribution in [0.1, 0.15) is 146 Å². The fraction of sp³-hybridized carbons (Fsp3) is 0.700. The van der Waals surface area contributed by atoms with Gasteiger partial charge in [-0.2, -0.15) is 4.31 Å². The average Bonchev–Trinajstić information content (AvgIpc) is 3.02. The second kappa shape index (κ2) is 24.2. The van der Waals surface area contributed by atoms with E-state index < -0.39 is 15.6 Å². The highest BCUT2D eigenvalue weighted by Gasteiger charge is 2.52. The number of allylic oxidation sites excluding steroid dienone is 10. The van der Waals surface area contributed by atoms with Gasteiger partial charge < -0.3 is 19.2 Å². The minimum absolute atomic E-state index is 0.265. The Labute approximate surface area is 321 Å². The maximum absolute atomic E-state index is 11.3. The minimum atomic E-state index is -5.08. The van der Waals surface area contributed by atoms with Crippen LogP contribution < -0.4 is 0 Å². The summed E-state index contributed by atoms with van der Waals surface area (Å²) in [4.78, 5) is 26.2. The van der Waals surface area contributed by atoms with E-state index in [1.54, 1.807) is 11.6 Å². The molecule has 3 N–H and O–H groups in total. The van der Waals surface area contributed by atoms with E-state index in [1.165, 1.54) is 60.8 Å². The van der Waals surface area contributed by atoms with Gasteiger partial charge >= 0.3 is 15.6 Å². The van der Waals surface area contributed by atoms with E-state index in [1.807, 2.05) is 6.92 Å². The number of phosphoric acid groups is 2. The number of rotatable bonds is 20. The Hall–Kier alpha value is -0.480. The lowest BCUT2D eigenvalue weighted by atomic mass is 9.47. The first kappa shape index (κ1) is 49.5. The minimum Gasteiger partial charge on any atom is -0.354 e. The van der Waals surface area contributed by atoms with Crippen LogP contribution >= 0.6 is 33.1 Å². The van der Waals surface area contributed by atoms with Crippen molar-refractivity contribution in [2.24, 2.45) is 22.7 Å². The summed E-state index contributed by atoms with van der Waals surface area (Å²) in [5.41, 5.74) is 9.11. The summed E-state index contributed by atoms with van der Waals surface area (Å²) in [5, 5.41) is 0. The highest BCUT2D eigenvalue weighted by Crippen LogP contribution is 2.62. The Balaban J connectivity index is 0.000000532. The predicted octanol–water partition coefficient (Wildman–Crippen LogP) is 13.3. The normalized spacial score (nSPS) is 26.0. The van der Waals surface area contributed by atoms with Crippen LogP contribution in [0.2, 0.25) is 0 Å². The Morgan fingerprint density at radius 3 is 1.90 bits per heavy atom. The molecule has 0 amide bonds. The number of hydrogen-bond donors (Lipinski definition) is 3. The molecule has 2 aliphatic carbocycles. The van der Waals surface area contributed by atoms with Crippen LogP contribution in [-0.2, 0) is 22.5 Å². The monoisotopic (exact) mass is 804 g/mol. The van der Waals surface area contributed by atoms with Crippen molar-refractivity contribution in [2.45, 2.75) is 146 Å². The van der Waals surface area contributed by atoms with Crippen molar-refractivity contribution in [2.75, 3.05) is 13.2 Å². The van der Waals surface area contributed by atoms with Gasteiger partial charge in [0.2, 0.25) is 0 Å². The van der Waals surface area contributed by atoms with Gasteiger partial charge in [-0.15, -0.1) is 0 Å². The molecule has 0 saturated heterocycles. The zero-order valence-electron chi connectivity index (χ0n) is 33.9. The molecule has 2 rings (SSSR count). The molecule has 7 atom stereocenters. The van der Waals surface area contributed by atoms with Gasteiger partial charge in [0.25, 0.3) is 0 Å². The molecular formula is C40H72O8P4. The zero-order valence-corrected chi connectivity index (χ0v) is 37.8. The van der Waals surface area contributed by atoms with Gasteiger partial charge in [0.05, 0.1) is 13.2 Å². The fourth-order valence-corrected chi connectivity index (χ4v) is 9.55. The van der Waals surface area contributed by atoms with Crippen LogP contribution in [0.5, 0.6) is 0 Å². The quantitative estimate of drug-likeness (QED) is 0.0632. The summed E-state index contributed by atoms with van der Waals surface area (Å²) >= 11 is 0. The highest BCUT2D eigenvalue weighted by molar-refractivity contribution is 8.00. The van der Waals surface area contributed by atoms with E-state index in [0.717, 1.165) is 62.5 Å². The molecule has 300 valence electrons. The Morgan fingerprint density at radius 2 is 1.37 bits per heavy atom. The van der Waals surface area contributed by atoms with Crippen molar-refractivity contribution in [3.8, 4) is 0 Å². The summed E-state index contributed by atoms with van der Waals surface area (Å²) in [5.74, 6) is 1.69. The first-order valence-corrected chi connectivity index (χ1v) is 24.6. The lowest BCUT2D eigenvalue weighted by Gasteiger charge is -2.58. The molecule has 1 fully saturated rings. The van der Waals surface area contributed by atoms with Crippen molar-refractivity contribution in [1.29, 1.82) is 0 Å². The molecule has 0 radical (unpaired) electrons. The number of phosphoric ester groups is 1. The van der Waals surface area contributed by atoms with Crippen LogP contribution in [0.4, 0.5) is 0 Å². The largest absolute Gasteiger partial charge is 0.481 e. The summed E-state index contributed by atoms with van der Waals surface area (Å²) in [7, 11) is -6.69. The molecule has 0 spiro atoms. The molecular weight excluding hydrogens is 732 g/mol. The SMILES string of the molecule is CC(C)=CCC/C(C)=C/CC/C(C)=C/CC/C(C)=C/COP(=O)(O)OP(=O)(O)O.CC1=CCCC2[C@@]1(C)CC[C@@H](C)[C@]2(C)CC/C(C)=C/COPP. The second-order valence-electron chi connectivity index (χ2n) is 15.7. The maximum Gasteiger partial charge on any atom is 0.481 e. The van der Waals surface area contributed by atoms with E-state index in [0.29, 0.717) is 19.3 Å². The van der Waals surface area contributed by atoms with Gasteiger partial charge in [-0.1, -0.05) is 99.6 Å². The molecule has 0 aromatic carbocycles. The van der Waals surface area contributed by atoms with Gasteiger partial charge in [-0.25, -0.2) is 9.13 Å². The van der Waals surface area contributed by atoms with Crippen molar-refractivity contribution >= 4 is 33.1 Å². The molecule has 52 heavy (non-hydrogen) atoms. The average molecular weight is 805 g/mol. The van der Waals surface area contributed by atoms with Crippen molar-refractivity contribution < 1.29 is 37.2 Å². The molecule has 2 aliphatic rings. The van der Waals surface area contributed by atoms with Crippen LogP contribution in [0, 0.1) is 22.7 Å². The lowest BCUT2D eigenvalue weighted by molar-refractivity contribution is -0.0466. The molecule has 4 unspecified atom stereocenters. The van der Waals surface area contributed by atoms with E-state index >= 15 is 0 Å². The molecule has 8 nitrogen and oxygen atoms in total.